The van der Waals surface area contributed by atoms with Crippen molar-refractivity contribution in [3.63, 3.8) is 0 Å². The average molecular weight is 399 g/mol. The zero-order valence-electron chi connectivity index (χ0n) is 16.8. The lowest BCUT2D eigenvalue weighted by Gasteiger charge is -2.41. The number of aryl methyl sites for hydroxylation is 2. The predicted molar refractivity (Wildman–Crippen MR) is 107 cm³/mol. The molecule has 0 spiro atoms. The molecule has 2 aliphatic rings. The molecule has 3 heterocycles. The number of nitrogens with zero attached hydrogens (tertiary/aromatic N) is 4. The third-order valence-electron chi connectivity index (χ3n) is 5.68. The number of benzene rings is 1. The van der Waals surface area contributed by atoms with E-state index in [-0.39, 0.29) is 17.9 Å². The molecule has 1 unspecified atom stereocenters. The molecule has 2 aromatic rings. The van der Waals surface area contributed by atoms with Crippen LogP contribution in [0.4, 0.5) is 4.39 Å². The van der Waals surface area contributed by atoms with Crippen LogP contribution in [0, 0.1) is 19.7 Å². The molecule has 7 nitrogen and oxygen atoms in total. The number of carbonyl (C=O) groups is 2. The Morgan fingerprint density at radius 2 is 2.07 bits per heavy atom. The molecule has 4 rings (SSSR count). The van der Waals surface area contributed by atoms with Crippen molar-refractivity contribution >= 4 is 11.8 Å². The highest BCUT2D eigenvalue weighted by atomic mass is 19.1. The van der Waals surface area contributed by atoms with Gasteiger partial charge in [0.15, 0.2) is 0 Å². The molecule has 154 valence electrons. The molecule has 0 radical (unpaired) electrons. The van der Waals surface area contributed by atoms with Crippen LogP contribution in [0.5, 0.6) is 0 Å². The van der Waals surface area contributed by atoms with E-state index in [0.29, 0.717) is 37.4 Å². The van der Waals surface area contributed by atoms with E-state index in [0.717, 1.165) is 30.8 Å². The second-order valence-electron chi connectivity index (χ2n) is 7.82. The van der Waals surface area contributed by atoms with Crippen LogP contribution < -0.4 is 5.32 Å². The lowest BCUT2D eigenvalue weighted by Crippen LogP contribution is -2.57. The number of carbonyl (C=O) groups excluding carboxylic acids is 2. The summed E-state index contributed by atoms with van der Waals surface area (Å²) in [5.74, 6) is -0.597. The second kappa shape index (κ2) is 7.94. The number of piperazine rings is 1. The largest absolute Gasteiger partial charge is 0.337 e. The topological polar surface area (TPSA) is 70.5 Å². The number of halogens is 1. The Labute approximate surface area is 169 Å². The van der Waals surface area contributed by atoms with Gasteiger partial charge < -0.3 is 15.1 Å². The summed E-state index contributed by atoms with van der Waals surface area (Å²) in [6.07, 6.45) is 1.72. The molecule has 0 aliphatic carbocycles. The fourth-order valence-electron chi connectivity index (χ4n) is 4.27. The first-order valence-electron chi connectivity index (χ1n) is 10.1. The van der Waals surface area contributed by atoms with Crippen LogP contribution in [0.3, 0.4) is 0 Å². The lowest BCUT2D eigenvalue weighted by molar-refractivity contribution is -0.135. The molecule has 2 amide bonds. The van der Waals surface area contributed by atoms with Gasteiger partial charge in [0.25, 0.3) is 5.91 Å². The molecule has 1 N–H and O–H groups in total. The summed E-state index contributed by atoms with van der Waals surface area (Å²) >= 11 is 0. The highest BCUT2D eigenvalue weighted by Gasteiger charge is 2.32. The van der Waals surface area contributed by atoms with E-state index < -0.39 is 5.82 Å². The van der Waals surface area contributed by atoms with E-state index in [9.17, 15) is 14.0 Å². The summed E-state index contributed by atoms with van der Waals surface area (Å²) in [5, 5.41) is 7.39. The third kappa shape index (κ3) is 3.89. The number of aromatic nitrogens is 2. The molecular formula is C21H26FN5O2. The van der Waals surface area contributed by atoms with Crippen molar-refractivity contribution in [3.8, 4) is 5.69 Å². The number of hydrogen-bond donors (Lipinski definition) is 1. The van der Waals surface area contributed by atoms with Crippen molar-refractivity contribution in [2.45, 2.75) is 32.7 Å². The summed E-state index contributed by atoms with van der Waals surface area (Å²) in [6.45, 7) is 6.62. The van der Waals surface area contributed by atoms with Gasteiger partial charge in [-0.2, -0.15) is 5.10 Å². The quantitative estimate of drug-likeness (QED) is 0.852. The van der Waals surface area contributed by atoms with Gasteiger partial charge >= 0.3 is 0 Å². The molecule has 0 saturated carbocycles. The SMILES string of the molecule is Cc1cc(C)n(-c2ccc(C(=O)N3CCCC(N4CCNCC4=O)C3)cc2F)n1. The van der Waals surface area contributed by atoms with Crippen molar-refractivity contribution < 1.29 is 14.0 Å². The average Bonchev–Trinajstić information content (AvgIpc) is 3.05. The Morgan fingerprint density at radius 1 is 1.24 bits per heavy atom. The van der Waals surface area contributed by atoms with Crippen LogP contribution in [0.25, 0.3) is 5.69 Å². The van der Waals surface area contributed by atoms with Gasteiger partial charge in [0.1, 0.15) is 11.5 Å². The summed E-state index contributed by atoms with van der Waals surface area (Å²) in [6, 6.07) is 6.44. The number of likely N-dealkylation sites (tertiary alicyclic amines) is 1. The van der Waals surface area contributed by atoms with Crippen molar-refractivity contribution in [1.29, 1.82) is 0 Å². The molecule has 8 heteroatoms. The maximum Gasteiger partial charge on any atom is 0.254 e. The molecule has 2 aliphatic heterocycles. The minimum atomic E-state index is -0.479. The number of nitrogens with one attached hydrogen (secondary N) is 1. The molecule has 1 aromatic carbocycles. The van der Waals surface area contributed by atoms with Gasteiger partial charge in [0.2, 0.25) is 5.91 Å². The van der Waals surface area contributed by atoms with Gasteiger partial charge in [-0.15, -0.1) is 0 Å². The van der Waals surface area contributed by atoms with Gasteiger partial charge in [-0.25, -0.2) is 9.07 Å². The molecule has 1 atom stereocenters. The highest BCUT2D eigenvalue weighted by molar-refractivity contribution is 5.94. The molecule has 29 heavy (non-hydrogen) atoms. The van der Waals surface area contributed by atoms with Gasteiger partial charge in [-0.1, -0.05) is 0 Å². The predicted octanol–water partition coefficient (Wildman–Crippen LogP) is 1.66. The van der Waals surface area contributed by atoms with E-state index in [1.54, 1.807) is 21.7 Å². The maximum atomic E-state index is 14.8. The van der Waals surface area contributed by atoms with Crippen LogP contribution >= 0.6 is 0 Å². The van der Waals surface area contributed by atoms with Crippen molar-refractivity contribution in [2.75, 3.05) is 32.7 Å². The molecular weight excluding hydrogens is 373 g/mol. The Kier molecular flexibility index (Phi) is 5.36. The Bertz CT molecular complexity index is 941. The smallest absolute Gasteiger partial charge is 0.254 e. The van der Waals surface area contributed by atoms with Gasteiger partial charge in [-0.05, 0) is 51.0 Å². The normalized spacial score (nSPS) is 20.2. The zero-order chi connectivity index (χ0) is 20.5. The fourth-order valence-corrected chi connectivity index (χ4v) is 4.27. The Hall–Kier alpha value is -2.74. The molecule has 2 fully saturated rings. The van der Waals surface area contributed by atoms with E-state index in [1.165, 1.54) is 6.07 Å². The van der Waals surface area contributed by atoms with E-state index in [2.05, 4.69) is 10.4 Å². The zero-order valence-corrected chi connectivity index (χ0v) is 16.8. The first kappa shape index (κ1) is 19.6. The minimum Gasteiger partial charge on any atom is -0.337 e. The van der Waals surface area contributed by atoms with Crippen LogP contribution in [-0.4, -0.2) is 70.2 Å². The van der Waals surface area contributed by atoms with Crippen LogP contribution in [0.1, 0.15) is 34.6 Å². The number of rotatable bonds is 3. The van der Waals surface area contributed by atoms with E-state index >= 15 is 0 Å². The van der Waals surface area contributed by atoms with Crippen molar-refractivity contribution in [1.82, 2.24) is 24.9 Å². The Morgan fingerprint density at radius 3 is 2.76 bits per heavy atom. The fraction of sp³-hybridized carbons (Fsp3) is 0.476. The van der Waals surface area contributed by atoms with E-state index in [4.69, 9.17) is 0 Å². The van der Waals surface area contributed by atoms with Crippen LogP contribution in [0.15, 0.2) is 24.3 Å². The van der Waals surface area contributed by atoms with E-state index in [1.807, 2.05) is 24.8 Å². The third-order valence-corrected chi connectivity index (χ3v) is 5.68. The maximum absolute atomic E-state index is 14.8. The standard InChI is InChI=1S/C21H26FN5O2/c1-14-10-15(2)27(24-14)19-6-5-16(11-18(19)22)21(29)25-8-3-4-17(13-25)26-9-7-23-12-20(26)28/h5-6,10-11,17,23H,3-4,7-9,12-13H2,1-2H3. The minimum absolute atomic E-state index is 0.0288. The Balaban J connectivity index is 1.51. The first-order chi connectivity index (χ1) is 13.9. The van der Waals surface area contributed by atoms with Gasteiger partial charge in [-0.3, -0.25) is 9.59 Å². The summed E-state index contributed by atoms with van der Waals surface area (Å²) in [4.78, 5) is 28.8. The van der Waals surface area contributed by atoms with Gasteiger partial charge in [0.05, 0.1) is 12.2 Å². The number of hydrogen-bond acceptors (Lipinski definition) is 4. The van der Waals surface area contributed by atoms with Crippen molar-refractivity contribution in [3.05, 3.63) is 47.0 Å². The highest BCUT2D eigenvalue weighted by Crippen LogP contribution is 2.22. The number of piperidine rings is 1. The van der Waals surface area contributed by atoms with Crippen LogP contribution in [-0.2, 0) is 4.79 Å². The molecule has 2 saturated heterocycles. The van der Waals surface area contributed by atoms with Gasteiger partial charge in [0, 0.05) is 43.5 Å². The molecule has 0 bridgehead atoms. The molecule has 1 aromatic heterocycles. The first-order valence-corrected chi connectivity index (χ1v) is 10.1. The second-order valence-corrected chi connectivity index (χ2v) is 7.82. The summed E-state index contributed by atoms with van der Waals surface area (Å²) in [5.41, 5.74) is 2.29. The monoisotopic (exact) mass is 399 g/mol. The van der Waals surface area contributed by atoms with Crippen molar-refractivity contribution in [2.24, 2.45) is 0 Å². The summed E-state index contributed by atoms with van der Waals surface area (Å²) < 4.78 is 16.3. The summed E-state index contributed by atoms with van der Waals surface area (Å²) in [7, 11) is 0. The number of amides is 2. The van der Waals surface area contributed by atoms with Crippen LogP contribution in [0.2, 0.25) is 0 Å². The lowest BCUT2D eigenvalue weighted by atomic mass is 10.0.